The molecule has 4 rings (SSSR count). The predicted molar refractivity (Wildman–Crippen MR) is 172 cm³/mol. The molecule has 0 aromatic heterocycles. The molecule has 0 spiro atoms. The minimum Gasteiger partial charge on any atom is -0.497 e. The van der Waals surface area contributed by atoms with E-state index in [0.29, 0.717) is 16.3 Å². The molecule has 0 radical (unpaired) electrons. The van der Waals surface area contributed by atoms with Crippen molar-refractivity contribution in [3.05, 3.63) is 93.0 Å². The summed E-state index contributed by atoms with van der Waals surface area (Å²) in [5.74, 6) is -0.556. The summed E-state index contributed by atoms with van der Waals surface area (Å²) in [5, 5.41) is 15.1. The summed E-state index contributed by atoms with van der Waals surface area (Å²) in [6.07, 6.45) is 4.83. The first-order chi connectivity index (χ1) is 21.4. The van der Waals surface area contributed by atoms with Crippen molar-refractivity contribution in [1.29, 1.82) is 0 Å². The van der Waals surface area contributed by atoms with Gasteiger partial charge in [-0.3, -0.25) is 24.0 Å². The number of halogens is 1. The molecule has 1 N–H and O–H groups in total. The molecule has 2 amide bonds. The predicted octanol–water partition coefficient (Wildman–Crippen LogP) is 5.63. The zero-order valence-electron chi connectivity index (χ0n) is 25.4. The average Bonchev–Trinajstić information content (AvgIpc) is 3.03. The molecule has 240 valence electrons. The highest BCUT2D eigenvalue weighted by Crippen LogP contribution is 2.30. The lowest BCUT2D eigenvalue weighted by Crippen LogP contribution is -2.53. The van der Waals surface area contributed by atoms with Gasteiger partial charge in [-0.1, -0.05) is 55.1 Å². The minimum absolute atomic E-state index is 0.000492. The van der Waals surface area contributed by atoms with Crippen molar-refractivity contribution in [3.63, 3.8) is 0 Å². The molecular weight excluding hydrogens is 620 g/mol. The van der Waals surface area contributed by atoms with E-state index in [4.69, 9.17) is 16.3 Å². The van der Waals surface area contributed by atoms with Crippen LogP contribution in [-0.4, -0.2) is 55.8 Å². The number of carbonyl (C=O) groups is 2. The van der Waals surface area contributed by atoms with Crippen molar-refractivity contribution >= 4 is 44.8 Å². The van der Waals surface area contributed by atoms with Crippen LogP contribution in [0.3, 0.4) is 0 Å². The van der Waals surface area contributed by atoms with Crippen LogP contribution in [-0.2, 0) is 26.2 Å². The number of nitro groups is 1. The number of carbonyl (C=O) groups excluding carboxylic acids is 2. The van der Waals surface area contributed by atoms with Gasteiger partial charge in [-0.25, -0.2) is 8.42 Å². The Morgan fingerprint density at radius 1 is 1.07 bits per heavy atom. The quantitative estimate of drug-likeness (QED) is 0.197. The van der Waals surface area contributed by atoms with Crippen molar-refractivity contribution in [2.45, 2.75) is 69.5 Å². The molecule has 0 aliphatic heterocycles. The maximum Gasteiger partial charge on any atom is 0.273 e. The molecule has 45 heavy (non-hydrogen) atoms. The highest BCUT2D eigenvalue weighted by molar-refractivity contribution is 7.92. The SMILES string of the molecule is COc1ccc(N(CC(=O)N(Cc2ccccc2Cl)[C@@H](C)C(=O)NC2CCCCC2)S(=O)(=O)c2ccc(C)c([N+](=O)[O-])c2)cc1. The van der Waals surface area contributed by atoms with Gasteiger partial charge in [0.15, 0.2) is 0 Å². The fourth-order valence-electron chi connectivity index (χ4n) is 5.31. The number of aryl methyl sites for hydroxylation is 1. The molecule has 0 heterocycles. The monoisotopic (exact) mass is 656 g/mol. The summed E-state index contributed by atoms with van der Waals surface area (Å²) in [7, 11) is -3.05. The smallest absolute Gasteiger partial charge is 0.273 e. The highest BCUT2D eigenvalue weighted by atomic mass is 35.5. The van der Waals surface area contributed by atoms with Crippen LogP contribution in [0.25, 0.3) is 0 Å². The average molecular weight is 657 g/mol. The second-order valence-electron chi connectivity index (χ2n) is 11.0. The number of ether oxygens (including phenoxy) is 1. The molecule has 1 aliphatic carbocycles. The third-order valence-electron chi connectivity index (χ3n) is 8.02. The van der Waals surface area contributed by atoms with Gasteiger partial charge in [0.1, 0.15) is 18.3 Å². The third kappa shape index (κ3) is 8.12. The number of rotatable bonds is 12. The summed E-state index contributed by atoms with van der Waals surface area (Å²) in [5.41, 5.74) is 0.627. The molecule has 11 nitrogen and oxygen atoms in total. The van der Waals surface area contributed by atoms with E-state index in [1.807, 2.05) is 0 Å². The van der Waals surface area contributed by atoms with Crippen LogP contribution in [0.15, 0.2) is 71.6 Å². The van der Waals surface area contributed by atoms with Crippen molar-refractivity contribution in [3.8, 4) is 5.75 Å². The van der Waals surface area contributed by atoms with Gasteiger partial charge in [-0.15, -0.1) is 0 Å². The van der Waals surface area contributed by atoms with E-state index in [0.717, 1.165) is 42.5 Å². The number of benzene rings is 3. The summed E-state index contributed by atoms with van der Waals surface area (Å²) >= 11 is 6.44. The van der Waals surface area contributed by atoms with Crippen LogP contribution < -0.4 is 14.4 Å². The second kappa shape index (κ2) is 14.7. The number of nitrogens with zero attached hydrogens (tertiary/aromatic N) is 3. The molecule has 1 fully saturated rings. The van der Waals surface area contributed by atoms with Gasteiger partial charge in [-0.05, 0) is 68.7 Å². The van der Waals surface area contributed by atoms with Crippen LogP contribution >= 0.6 is 11.6 Å². The first kappa shape index (κ1) is 33.7. The maximum absolute atomic E-state index is 14.2. The van der Waals surface area contributed by atoms with Gasteiger partial charge in [0, 0.05) is 29.2 Å². The second-order valence-corrected chi connectivity index (χ2v) is 13.3. The van der Waals surface area contributed by atoms with Gasteiger partial charge >= 0.3 is 0 Å². The Kier molecular flexibility index (Phi) is 11.1. The minimum atomic E-state index is -4.51. The number of amides is 2. The van der Waals surface area contributed by atoms with Gasteiger partial charge in [0.25, 0.3) is 15.7 Å². The van der Waals surface area contributed by atoms with E-state index in [-0.39, 0.29) is 40.3 Å². The molecular formula is C32H37ClN4O7S. The Labute approximate surface area is 268 Å². The van der Waals surface area contributed by atoms with Crippen molar-refractivity contribution in [1.82, 2.24) is 10.2 Å². The standard InChI is InChI=1S/C32H37ClN4O7S/c1-22-13-18-28(19-30(22)37(40)41)45(42,43)36(26-14-16-27(44-3)17-15-26)21-31(38)35(20-24-9-7-8-12-29(24)33)23(2)32(39)34-25-10-5-4-6-11-25/h7-9,12-19,23,25H,4-6,10-11,20-21H2,1-3H3,(H,34,39)/t23-/m0/s1. The number of hydrogen-bond acceptors (Lipinski definition) is 7. The number of hydrogen-bond donors (Lipinski definition) is 1. The van der Waals surface area contributed by atoms with E-state index in [2.05, 4.69) is 5.32 Å². The summed E-state index contributed by atoms with van der Waals surface area (Å²) in [6, 6.07) is 15.6. The topological polar surface area (TPSA) is 139 Å². The lowest BCUT2D eigenvalue weighted by Gasteiger charge is -2.33. The number of nitro benzene ring substituents is 1. The highest BCUT2D eigenvalue weighted by Gasteiger charge is 2.34. The number of sulfonamides is 1. The number of methoxy groups -OCH3 is 1. The number of anilines is 1. The van der Waals surface area contributed by atoms with Gasteiger partial charge in [0.2, 0.25) is 11.8 Å². The lowest BCUT2D eigenvalue weighted by molar-refractivity contribution is -0.385. The van der Waals surface area contributed by atoms with Crippen LogP contribution in [0.2, 0.25) is 5.02 Å². The fraction of sp³-hybridized carbons (Fsp3) is 0.375. The van der Waals surface area contributed by atoms with Crippen LogP contribution in [0.1, 0.15) is 50.2 Å². The largest absolute Gasteiger partial charge is 0.497 e. The first-order valence-corrected chi connectivity index (χ1v) is 16.5. The molecule has 13 heteroatoms. The third-order valence-corrected chi connectivity index (χ3v) is 10.2. The zero-order chi connectivity index (χ0) is 32.7. The van der Waals surface area contributed by atoms with Crippen molar-refractivity contribution in [2.24, 2.45) is 0 Å². The first-order valence-electron chi connectivity index (χ1n) is 14.7. The summed E-state index contributed by atoms with van der Waals surface area (Å²) in [4.78, 5) is 39.6. The van der Waals surface area contributed by atoms with Gasteiger partial charge < -0.3 is 15.0 Å². The Morgan fingerprint density at radius 2 is 1.73 bits per heavy atom. The zero-order valence-corrected chi connectivity index (χ0v) is 27.0. The Morgan fingerprint density at radius 3 is 2.36 bits per heavy atom. The van der Waals surface area contributed by atoms with E-state index in [1.165, 1.54) is 43.2 Å². The van der Waals surface area contributed by atoms with Gasteiger partial charge in [-0.2, -0.15) is 0 Å². The van der Waals surface area contributed by atoms with E-state index >= 15 is 0 Å². The van der Waals surface area contributed by atoms with E-state index < -0.39 is 33.4 Å². The van der Waals surface area contributed by atoms with Crippen molar-refractivity contribution < 1.29 is 27.7 Å². The summed E-state index contributed by atoms with van der Waals surface area (Å²) in [6.45, 7) is 2.36. The maximum atomic E-state index is 14.2. The van der Waals surface area contributed by atoms with E-state index in [9.17, 15) is 28.1 Å². The van der Waals surface area contributed by atoms with Crippen LogP contribution in [0.4, 0.5) is 11.4 Å². The molecule has 1 atom stereocenters. The van der Waals surface area contributed by atoms with Gasteiger partial charge in [0.05, 0.1) is 22.6 Å². The molecule has 3 aromatic rings. The Bertz CT molecular complexity index is 1640. The van der Waals surface area contributed by atoms with Crippen LogP contribution in [0.5, 0.6) is 5.75 Å². The van der Waals surface area contributed by atoms with Crippen molar-refractivity contribution in [2.75, 3.05) is 18.0 Å². The molecule has 0 saturated heterocycles. The molecule has 1 saturated carbocycles. The molecule has 3 aromatic carbocycles. The molecule has 0 bridgehead atoms. The lowest BCUT2D eigenvalue weighted by atomic mass is 9.95. The molecule has 0 unspecified atom stereocenters. The summed E-state index contributed by atoms with van der Waals surface area (Å²) < 4.78 is 34.3. The Balaban J connectivity index is 1.73. The normalized spacial score (nSPS) is 14.3. The van der Waals surface area contributed by atoms with E-state index in [1.54, 1.807) is 43.3 Å². The number of nitrogens with one attached hydrogen (secondary N) is 1. The molecule has 1 aliphatic rings. The van der Waals surface area contributed by atoms with Crippen LogP contribution in [0, 0.1) is 17.0 Å². The Hall–Kier alpha value is -4.16. The fourth-order valence-corrected chi connectivity index (χ4v) is 6.94.